The van der Waals surface area contributed by atoms with Crippen LogP contribution in [-0.4, -0.2) is 4.98 Å². The Labute approximate surface area is 123 Å². The molecule has 19 heavy (non-hydrogen) atoms. The third-order valence-electron chi connectivity index (χ3n) is 2.89. The Morgan fingerprint density at radius 1 is 1.26 bits per heavy atom. The minimum atomic E-state index is 0.541. The predicted octanol–water partition coefficient (Wildman–Crippen LogP) is 4.80. The normalized spacial score (nSPS) is 11.1. The first-order valence-corrected chi connectivity index (χ1v) is 6.84. The van der Waals surface area contributed by atoms with Crippen LogP contribution >= 0.6 is 27.5 Å². The second-order valence-electron chi connectivity index (χ2n) is 4.33. The Kier molecular flexibility index (Phi) is 2.99. The van der Waals surface area contributed by atoms with Crippen LogP contribution in [-0.2, 0) is 0 Å². The minimum absolute atomic E-state index is 0.541. The molecule has 0 amide bonds. The van der Waals surface area contributed by atoms with Crippen molar-refractivity contribution in [2.75, 3.05) is 5.73 Å². The van der Waals surface area contributed by atoms with Crippen molar-refractivity contribution in [3.8, 4) is 11.5 Å². The molecule has 5 heteroatoms. The topological polar surface area (TPSA) is 52.0 Å². The van der Waals surface area contributed by atoms with Crippen LogP contribution in [0.15, 0.2) is 39.2 Å². The molecule has 96 valence electrons. The third-order valence-corrected chi connectivity index (χ3v) is 3.77. The van der Waals surface area contributed by atoms with Crippen LogP contribution in [0.5, 0.6) is 0 Å². The number of nitrogens with zero attached hydrogens (tertiary/aromatic N) is 1. The van der Waals surface area contributed by atoms with Gasteiger partial charge in [0.1, 0.15) is 5.52 Å². The largest absolute Gasteiger partial charge is 0.434 e. The number of nitrogen functional groups attached to an aromatic ring is 1. The van der Waals surface area contributed by atoms with E-state index in [2.05, 4.69) is 20.9 Å². The number of hydrogen-bond donors (Lipinski definition) is 1. The molecule has 0 aliphatic heterocycles. The van der Waals surface area contributed by atoms with Gasteiger partial charge in [-0.3, -0.25) is 0 Å². The van der Waals surface area contributed by atoms with Gasteiger partial charge in [0.25, 0.3) is 0 Å². The smallest absolute Gasteiger partial charge is 0.227 e. The van der Waals surface area contributed by atoms with E-state index in [1.165, 1.54) is 0 Å². The average Bonchev–Trinajstić information content (AvgIpc) is 2.76. The number of nitrogens with two attached hydrogens (primary N) is 1. The summed E-state index contributed by atoms with van der Waals surface area (Å²) in [4.78, 5) is 4.46. The Hall–Kier alpha value is -1.52. The fourth-order valence-corrected chi connectivity index (χ4v) is 2.51. The maximum Gasteiger partial charge on any atom is 0.227 e. The highest BCUT2D eigenvalue weighted by Gasteiger charge is 2.12. The van der Waals surface area contributed by atoms with Gasteiger partial charge in [-0.15, -0.1) is 0 Å². The number of hydrogen-bond acceptors (Lipinski definition) is 3. The summed E-state index contributed by atoms with van der Waals surface area (Å²) in [6.07, 6.45) is 0. The lowest BCUT2D eigenvalue weighted by Gasteiger charge is -1.99. The minimum Gasteiger partial charge on any atom is -0.434 e. The number of anilines is 1. The van der Waals surface area contributed by atoms with Gasteiger partial charge in [-0.2, -0.15) is 0 Å². The SMILES string of the molecule is Cc1cc(-c2nc3cc(Br)cc(N)c3o2)ccc1Cl. The summed E-state index contributed by atoms with van der Waals surface area (Å²) in [5.41, 5.74) is 9.68. The number of halogens is 2. The van der Waals surface area contributed by atoms with Gasteiger partial charge in [0, 0.05) is 15.1 Å². The van der Waals surface area contributed by atoms with Crippen molar-refractivity contribution >= 4 is 44.3 Å². The van der Waals surface area contributed by atoms with Gasteiger partial charge in [-0.25, -0.2) is 4.98 Å². The van der Waals surface area contributed by atoms with Gasteiger partial charge in [0.05, 0.1) is 5.69 Å². The first kappa shape index (κ1) is 12.5. The summed E-state index contributed by atoms with van der Waals surface area (Å²) in [7, 11) is 0. The van der Waals surface area contributed by atoms with Crippen LogP contribution in [0.25, 0.3) is 22.6 Å². The lowest BCUT2D eigenvalue weighted by molar-refractivity contribution is 0.621. The molecular weight excluding hydrogens is 328 g/mol. The maximum absolute atomic E-state index is 6.02. The molecule has 0 unspecified atom stereocenters. The summed E-state index contributed by atoms with van der Waals surface area (Å²) in [6.45, 7) is 1.94. The van der Waals surface area contributed by atoms with Crippen LogP contribution in [0.1, 0.15) is 5.56 Å². The van der Waals surface area contributed by atoms with Gasteiger partial charge < -0.3 is 10.2 Å². The summed E-state index contributed by atoms with van der Waals surface area (Å²) in [6, 6.07) is 9.33. The molecule has 2 N–H and O–H groups in total. The summed E-state index contributed by atoms with van der Waals surface area (Å²) >= 11 is 9.41. The number of benzene rings is 2. The van der Waals surface area contributed by atoms with Gasteiger partial charge in [-0.1, -0.05) is 27.5 Å². The van der Waals surface area contributed by atoms with E-state index in [4.69, 9.17) is 21.8 Å². The summed E-state index contributed by atoms with van der Waals surface area (Å²) < 4.78 is 6.61. The molecule has 0 fully saturated rings. The molecule has 0 saturated heterocycles. The van der Waals surface area contributed by atoms with Gasteiger partial charge in [0.15, 0.2) is 5.58 Å². The van der Waals surface area contributed by atoms with E-state index in [1.54, 1.807) is 6.07 Å². The zero-order valence-corrected chi connectivity index (χ0v) is 12.4. The summed E-state index contributed by atoms with van der Waals surface area (Å²) in [5, 5.41) is 0.724. The van der Waals surface area contributed by atoms with Crippen LogP contribution in [0.3, 0.4) is 0 Å². The fraction of sp³-hybridized carbons (Fsp3) is 0.0714. The van der Waals surface area contributed by atoms with Crippen LogP contribution in [0, 0.1) is 6.92 Å². The molecule has 2 aromatic carbocycles. The molecule has 3 nitrogen and oxygen atoms in total. The summed E-state index contributed by atoms with van der Waals surface area (Å²) in [5.74, 6) is 0.541. The van der Waals surface area contributed by atoms with E-state index < -0.39 is 0 Å². The molecular formula is C14H10BrClN2O. The standard InChI is InChI=1S/C14H10BrClN2O/c1-7-4-8(2-3-10(7)16)14-18-12-6-9(15)5-11(17)13(12)19-14/h2-6H,17H2,1H3. The number of aryl methyl sites for hydroxylation is 1. The molecule has 3 aromatic rings. The zero-order chi connectivity index (χ0) is 13.6. The highest BCUT2D eigenvalue weighted by Crippen LogP contribution is 2.31. The maximum atomic E-state index is 6.02. The van der Waals surface area contributed by atoms with Crippen LogP contribution in [0.2, 0.25) is 5.02 Å². The molecule has 0 spiro atoms. The Bertz CT molecular complexity index is 782. The van der Waals surface area contributed by atoms with E-state index in [1.807, 2.05) is 31.2 Å². The molecule has 1 aromatic heterocycles. The van der Waals surface area contributed by atoms with E-state index >= 15 is 0 Å². The third kappa shape index (κ3) is 2.22. The highest BCUT2D eigenvalue weighted by atomic mass is 79.9. The van der Waals surface area contributed by atoms with Crippen molar-refractivity contribution in [3.63, 3.8) is 0 Å². The number of fused-ring (bicyclic) bond motifs is 1. The molecule has 0 atom stereocenters. The van der Waals surface area contributed by atoms with E-state index in [-0.39, 0.29) is 0 Å². The number of aromatic nitrogens is 1. The number of rotatable bonds is 1. The molecule has 1 heterocycles. The van der Waals surface area contributed by atoms with Crippen molar-refractivity contribution in [3.05, 3.63) is 45.4 Å². The van der Waals surface area contributed by atoms with E-state index in [9.17, 15) is 0 Å². The van der Waals surface area contributed by atoms with Crippen molar-refractivity contribution in [2.45, 2.75) is 6.92 Å². The van der Waals surface area contributed by atoms with E-state index in [0.717, 1.165) is 26.1 Å². The van der Waals surface area contributed by atoms with E-state index in [0.29, 0.717) is 17.2 Å². The van der Waals surface area contributed by atoms with Gasteiger partial charge in [0.2, 0.25) is 5.89 Å². The molecule has 0 radical (unpaired) electrons. The van der Waals surface area contributed by atoms with Gasteiger partial charge in [-0.05, 0) is 42.8 Å². The molecule has 0 aliphatic carbocycles. The van der Waals surface area contributed by atoms with Gasteiger partial charge >= 0.3 is 0 Å². The van der Waals surface area contributed by atoms with Crippen molar-refractivity contribution in [1.29, 1.82) is 0 Å². The molecule has 3 rings (SSSR count). The zero-order valence-electron chi connectivity index (χ0n) is 10.1. The Morgan fingerprint density at radius 2 is 2.05 bits per heavy atom. The van der Waals surface area contributed by atoms with Crippen molar-refractivity contribution in [1.82, 2.24) is 4.98 Å². The predicted molar refractivity (Wildman–Crippen MR) is 81.3 cm³/mol. The fourth-order valence-electron chi connectivity index (χ4n) is 1.92. The Balaban J connectivity index is 2.20. The van der Waals surface area contributed by atoms with Crippen LogP contribution < -0.4 is 5.73 Å². The average molecular weight is 338 g/mol. The Morgan fingerprint density at radius 3 is 2.79 bits per heavy atom. The van der Waals surface area contributed by atoms with Crippen molar-refractivity contribution in [2.24, 2.45) is 0 Å². The second kappa shape index (κ2) is 4.54. The van der Waals surface area contributed by atoms with Crippen molar-refractivity contribution < 1.29 is 4.42 Å². The first-order chi connectivity index (χ1) is 9.04. The lowest BCUT2D eigenvalue weighted by Crippen LogP contribution is -1.84. The monoisotopic (exact) mass is 336 g/mol. The quantitative estimate of drug-likeness (QED) is 0.649. The second-order valence-corrected chi connectivity index (χ2v) is 5.65. The molecule has 0 bridgehead atoms. The number of oxazole rings is 1. The lowest BCUT2D eigenvalue weighted by atomic mass is 10.1. The van der Waals surface area contributed by atoms with Crippen LogP contribution in [0.4, 0.5) is 5.69 Å². The highest BCUT2D eigenvalue weighted by molar-refractivity contribution is 9.10. The first-order valence-electron chi connectivity index (χ1n) is 5.66. The molecule has 0 aliphatic rings. The molecule has 0 saturated carbocycles.